The van der Waals surface area contributed by atoms with E-state index in [0.717, 1.165) is 17.4 Å². The van der Waals surface area contributed by atoms with Crippen molar-refractivity contribution in [2.45, 2.75) is 13.0 Å². The molecule has 0 radical (unpaired) electrons. The third-order valence-electron chi connectivity index (χ3n) is 4.82. The van der Waals surface area contributed by atoms with E-state index in [0.29, 0.717) is 19.6 Å². The quantitative estimate of drug-likeness (QED) is 0.724. The molecule has 2 amide bonds. The molecule has 1 heterocycles. The van der Waals surface area contributed by atoms with Crippen molar-refractivity contribution in [1.82, 2.24) is 9.80 Å². The van der Waals surface area contributed by atoms with E-state index in [9.17, 15) is 18.4 Å². The van der Waals surface area contributed by atoms with Gasteiger partial charge in [0.2, 0.25) is 11.8 Å². The second kappa shape index (κ2) is 9.32. The first-order valence-electron chi connectivity index (χ1n) is 9.29. The fourth-order valence-corrected chi connectivity index (χ4v) is 3.12. The topological polar surface area (TPSA) is 49.9 Å². The Bertz CT molecular complexity index is 913. The van der Waals surface area contributed by atoms with Gasteiger partial charge in [-0.3, -0.25) is 9.59 Å². The summed E-state index contributed by atoms with van der Waals surface area (Å²) in [6, 6.07) is 11.3. The van der Waals surface area contributed by atoms with Crippen molar-refractivity contribution in [3.8, 4) is 5.75 Å². The third kappa shape index (κ3) is 5.19. The lowest BCUT2D eigenvalue weighted by atomic mass is 10.2. The minimum Gasteiger partial charge on any atom is -0.497 e. The highest BCUT2D eigenvalue weighted by Gasteiger charge is 2.23. The van der Waals surface area contributed by atoms with E-state index in [1.807, 2.05) is 24.3 Å². The molecule has 0 aromatic heterocycles. The summed E-state index contributed by atoms with van der Waals surface area (Å²) in [5.74, 6) is -1.58. The monoisotopic (exact) mass is 400 g/mol. The number of rotatable bonds is 5. The zero-order chi connectivity index (χ0) is 20.8. The Labute approximate surface area is 168 Å². The molecule has 29 heavy (non-hydrogen) atoms. The molecule has 1 saturated heterocycles. The molecule has 0 bridgehead atoms. The van der Waals surface area contributed by atoms with Crippen molar-refractivity contribution in [3.05, 3.63) is 71.3 Å². The second-order valence-corrected chi connectivity index (χ2v) is 6.72. The number of carbonyl (C=O) groups is 2. The lowest BCUT2D eigenvalue weighted by molar-refractivity contribution is -0.130. The molecule has 7 heteroatoms. The zero-order valence-electron chi connectivity index (χ0n) is 16.1. The van der Waals surface area contributed by atoms with Gasteiger partial charge in [-0.05, 0) is 29.8 Å². The van der Waals surface area contributed by atoms with Crippen LogP contribution in [0.25, 0.3) is 6.08 Å². The molecule has 2 aromatic rings. The summed E-state index contributed by atoms with van der Waals surface area (Å²) in [4.78, 5) is 28.1. The highest BCUT2D eigenvalue weighted by atomic mass is 19.2. The van der Waals surface area contributed by atoms with Gasteiger partial charge in [-0.25, -0.2) is 8.78 Å². The van der Waals surface area contributed by atoms with Crippen LogP contribution in [-0.2, 0) is 16.1 Å². The molecule has 0 aliphatic carbocycles. The maximum absolute atomic E-state index is 13.7. The normalized spacial score (nSPS) is 14.9. The first kappa shape index (κ1) is 20.5. The van der Waals surface area contributed by atoms with Crippen molar-refractivity contribution in [2.75, 3.05) is 26.7 Å². The van der Waals surface area contributed by atoms with E-state index in [4.69, 9.17) is 4.74 Å². The van der Waals surface area contributed by atoms with Gasteiger partial charge in [0.25, 0.3) is 0 Å². The maximum Gasteiger partial charge on any atom is 0.246 e. The van der Waals surface area contributed by atoms with Gasteiger partial charge in [0.05, 0.1) is 7.11 Å². The van der Waals surface area contributed by atoms with Crippen molar-refractivity contribution in [2.24, 2.45) is 0 Å². The summed E-state index contributed by atoms with van der Waals surface area (Å²) in [6.07, 6.45) is 2.67. The number of hydrogen-bond donors (Lipinski definition) is 0. The van der Waals surface area contributed by atoms with Crippen LogP contribution in [-0.4, -0.2) is 48.4 Å². The Balaban J connectivity index is 1.61. The van der Waals surface area contributed by atoms with Crippen LogP contribution in [0.3, 0.4) is 0 Å². The van der Waals surface area contributed by atoms with E-state index in [1.54, 1.807) is 16.9 Å². The van der Waals surface area contributed by atoms with Crippen molar-refractivity contribution in [1.29, 1.82) is 0 Å². The van der Waals surface area contributed by atoms with Gasteiger partial charge in [-0.2, -0.15) is 0 Å². The molecule has 0 atom stereocenters. The molecule has 0 saturated carbocycles. The highest BCUT2D eigenvalue weighted by molar-refractivity contribution is 5.92. The third-order valence-corrected chi connectivity index (χ3v) is 4.82. The molecule has 0 spiro atoms. The zero-order valence-corrected chi connectivity index (χ0v) is 16.1. The molecular weight excluding hydrogens is 378 g/mol. The van der Waals surface area contributed by atoms with Gasteiger partial charge in [0.15, 0.2) is 11.6 Å². The fraction of sp³-hybridized carbons (Fsp3) is 0.273. The standard InChI is InChI=1S/C22H22F2N2O3/c1-29-18-8-5-16(6-9-18)15-26-14-13-25(12-11-21(26)28)20(27)10-7-17-3-2-4-19(23)22(17)24/h2-10H,11-15H2,1H3. The van der Waals surface area contributed by atoms with Gasteiger partial charge in [0.1, 0.15) is 5.75 Å². The molecule has 2 aromatic carbocycles. The van der Waals surface area contributed by atoms with Crippen LogP contribution < -0.4 is 4.74 Å². The predicted octanol–water partition coefficient (Wildman–Crippen LogP) is 3.25. The average Bonchev–Trinajstić information content (AvgIpc) is 2.91. The van der Waals surface area contributed by atoms with Crippen molar-refractivity contribution < 1.29 is 23.1 Å². The summed E-state index contributed by atoms with van der Waals surface area (Å²) < 4.78 is 32.1. The van der Waals surface area contributed by atoms with Gasteiger partial charge in [-0.15, -0.1) is 0 Å². The number of benzene rings is 2. The minimum atomic E-state index is -0.992. The van der Waals surface area contributed by atoms with Crippen LogP contribution >= 0.6 is 0 Å². The SMILES string of the molecule is COc1ccc(CN2CCN(C(=O)C=Cc3cccc(F)c3F)CCC2=O)cc1. The smallest absolute Gasteiger partial charge is 0.246 e. The van der Waals surface area contributed by atoms with E-state index in [1.165, 1.54) is 24.3 Å². The second-order valence-electron chi connectivity index (χ2n) is 6.72. The molecule has 0 unspecified atom stereocenters. The molecule has 1 fully saturated rings. The van der Waals surface area contributed by atoms with Crippen LogP contribution in [0.2, 0.25) is 0 Å². The van der Waals surface area contributed by atoms with Crippen LogP contribution in [0.5, 0.6) is 5.75 Å². The Hall–Kier alpha value is -3.22. The fourth-order valence-electron chi connectivity index (χ4n) is 3.12. The van der Waals surface area contributed by atoms with Gasteiger partial charge in [-0.1, -0.05) is 24.3 Å². The summed E-state index contributed by atoms with van der Waals surface area (Å²) in [5.41, 5.74) is 0.978. The maximum atomic E-state index is 13.7. The number of carbonyl (C=O) groups excluding carboxylic acids is 2. The van der Waals surface area contributed by atoms with E-state index in [2.05, 4.69) is 0 Å². The summed E-state index contributed by atoms with van der Waals surface area (Å²) in [7, 11) is 1.59. The van der Waals surface area contributed by atoms with Crippen molar-refractivity contribution in [3.63, 3.8) is 0 Å². The number of ether oxygens (including phenoxy) is 1. The number of nitrogens with zero attached hydrogens (tertiary/aromatic N) is 2. The predicted molar refractivity (Wildman–Crippen MR) is 105 cm³/mol. The number of halogens is 2. The molecule has 5 nitrogen and oxygen atoms in total. The van der Waals surface area contributed by atoms with Gasteiger partial charge >= 0.3 is 0 Å². The van der Waals surface area contributed by atoms with Crippen molar-refractivity contribution >= 4 is 17.9 Å². The summed E-state index contributed by atoms with van der Waals surface area (Å²) >= 11 is 0. The number of hydrogen-bond acceptors (Lipinski definition) is 3. The first-order chi connectivity index (χ1) is 14.0. The number of amides is 2. The average molecular weight is 400 g/mol. The van der Waals surface area contributed by atoms with Crippen LogP contribution in [0.15, 0.2) is 48.5 Å². The minimum absolute atomic E-state index is 0.00498. The molecule has 0 N–H and O–H groups in total. The Morgan fingerprint density at radius 1 is 1.10 bits per heavy atom. The molecule has 1 aliphatic rings. The number of methoxy groups -OCH3 is 1. The Morgan fingerprint density at radius 2 is 1.86 bits per heavy atom. The van der Waals surface area contributed by atoms with E-state index in [-0.39, 0.29) is 30.3 Å². The van der Waals surface area contributed by atoms with Crippen LogP contribution in [0.1, 0.15) is 17.5 Å². The lowest BCUT2D eigenvalue weighted by Crippen LogP contribution is -2.34. The Kier molecular flexibility index (Phi) is 6.59. The Morgan fingerprint density at radius 3 is 2.59 bits per heavy atom. The van der Waals surface area contributed by atoms with Gasteiger partial charge in [0, 0.05) is 44.2 Å². The van der Waals surface area contributed by atoms with Gasteiger partial charge < -0.3 is 14.5 Å². The molecule has 1 aliphatic heterocycles. The van der Waals surface area contributed by atoms with E-state index >= 15 is 0 Å². The first-order valence-corrected chi connectivity index (χ1v) is 9.29. The summed E-state index contributed by atoms with van der Waals surface area (Å²) in [5, 5.41) is 0. The summed E-state index contributed by atoms with van der Waals surface area (Å²) in [6.45, 7) is 1.51. The van der Waals surface area contributed by atoms with Crippen LogP contribution in [0.4, 0.5) is 8.78 Å². The van der Waals surface area contributed by atoms with Crippen LogP contribution in [0, 0.1) is 11.6 Å². The van der Waals surface area contributed by atoms with E-state index < -0.39 is 11.6 Å². The highest BCUT2D eigenvalue weighted by Crippen LogP contribution is 2.16. The molecular formula is C22H22F2N2O3. The molecule has 152 valence electrons. The largest absolute Gasteiger partial charge is 0.497 e. The lowest BCUT2D eigenvalue weighted by Gasteiger charge is -2.21. The molecule has 3 rings (SSSR count).